The van der Waals surface area contributed by atoms with Gasteiger partial charge >= 0.3 is 6.18 Å². The van der Waals surface area contributed by atoms with Crippen LogP contribution in [0.15, 0.2) is 36.5 Å². The number of fused-ring (bicyclic) bond motifs is 1. The van der Waals surface area contributed by atoms with E-state index in [0.717, 1.165) is 17.5 Å². The Bertz CT molecular complexity index is 789. The number of hydrogen-bond donors (Lipinski definition) is 2. The molecule has 0 radical (unpaired) electrons. The van der Waals surface area contributed by atoms with Crippen LogP contribution in [0.4, 0.5) is 13.2 Å². The summed E-state index contributed by atoms with van der Waals surface area (Å²) in [5.41, 5.74) is -1.31. The lowest BCUT2D eigenvalue weighted by molar-refractivity contribution is -0.283. The summed E-state index contributed by atoms with van der Waals surface area (Å²) in [4.78, 5) is 12.3. The van der Waals surface area contributed by atoms with Gasteiger partial charge in [-0.15, -0.1) is 11.3 Å². The van der Waals surface area contributed by atoms with Gasteiger partial charge < -0.3 is 5.11 Å². The summed E-state index contributed by atoms with van der Waals surface area (Å²) in [6, 6.07) is 6.80. The van der Waals surface area contributed by atoms with Crippen molar-refractivity contribution >= 4 is 38.9 Å². The number of benzene rings is 1. The number of hydrazine groups is 1. The van der Waals surface area contributed by atoms with E-state index in [4.69, 9.17) is 11.6 Å². The van der Waals surface area contributed by atoms with E-state index in [-0.39, 0.29) is 14.9 Å². The molecule has 1 aliphatic rings. The van der Waals surface area contributed by atoms with Gasteiger partial charge in [0.15, 0.2) is 0 Å². The standard InChI is InChI=1S/C13H8ClF3N2O2S/c14-9-7-3-1-2-4-8(7)22-10(9)11(20)19-12(21,5-6-18-19)13(15,16)17/h1-6,18,21H/t12-/m1/s1. The van der Waals surface area contributed by atoms with E-state index in [2.05, 4.69) is 5.43 Å². The summed E-state index contributed by atoms with van der Waals surface area (Å²) < 4.78 is 39.7. The molecule has 4 nitrogen and oxygen atoms in total. The molecule has 116 valence electrons. The summed E-state index contributed by atoms with van der Waals surface area (Å²) in [5, 5.41) is 10.5. The van der Waals surface area contributed by atoms with Crippen LogP contribution >= 0.6 is 22.9 Å². The zero-order chi connectivity index (χ0) is 16.1. The van der Waals surface area contributed by atoms with Crippen LogP contribution in [0, 0.1) is 0 Å². The zero-order valence-electron chi connectivity index (χ0n) is 10.7. The van der Waals surface area contributed by atoms with Gasteiger partial charge in [-0.3, -0.25) is 10.2 Å². The topological polar surface area (TPSA) is 52.6 Å². The van der Waals surface area contributed by atoms with E-state index in [0.29, 0.717) is 16.2 Å². The van der Waals surface area contributed by atoms with Crippen molar-refractivity contribution in [2.24, 2.45) is 0 Å². The minimum atomic E-state index is -5.05. The second-order valence-corrected chi connectivity index (χ2v) is 6.00. The Kier molecular flexibility index (Phi) is 3.35. The average Bonchev–Trinajstić information content (AvgIpc) is 3.00. The van der Waals surface area contributed by atoms with Gasteiger partial charge in [0, 0.05) is 16.3 Å². The first-order valence-electron chi connectivity index (χ1n) is 6.00. The normalized spacial score (nSPS) is 21.4. The van der Waals surface area contributed by atoms with E-state index in [1.54, 1.807) is 24.3 Å². The third kappa shape index (κ3) is 2.06. The first-order chi connectivity index (χ1) is 10.3. The number of hydrogen-bond acceptors (Lipinski definition) is 4. The SMILES string of the molecule is O=C(c1sc2ccccc2c1Cl)N1NC=C[C@@]1(O)C(F)(F)F. The van der Waals surface area contributed by atoms with Crippen LogP contribution in [0.3, 0.4) is 0 Å². The Morgan fingerprint density at radius 3 is 2.68 bits per heavy atom. The predicted molar refractivity (Wildman–Crippen MR) is 76.3 cm³/mol. The number of amides is 1. The number of rotatable bonds is 1. The highest BCUT2D eigenvalue weighted by Gasteiger charge is 2.60. The lowest BCUT2D eigenvalue weighted by Crippen LogP contribution is -2.60. The molecule has 1 aromatic heterocycles. The average molecular weight is 349 g/mol. The third-order valence-electron chi connectivity index (χ3n) is 3.21. The molecule has 22 heavy (non-hydrogen) atoms. The predicted octanol–water partition coefficient (Wildman–Crippen LogP) is 3.28. The number of nitrogens with zero attached hydrogens (tertiary/aromatic N) is 1. The monoisotopic (exact) mass is 348 g/mol. The number of carbonyl (C=O) groups is 1. The van der Waals surface area contributed by atoms with Crippen LogP contribution in [0.2, 0.25) is 5.02 Å². The van der Waals surface area contributed by atoms with Crippen molar-refractivity contribution in [3.8, 4) is 0 Å². The van der Waals surface area contributed by atoms with Gasteiger partial charge in [-0.05, 0) is 12.1 Å². The maximum Gasteiger partial charge on any atom is 0.442 e. The maximum atomic E-state index is 13.0. The molecule has 0 unspecified atom stereocenters. The second-order valence-electron chi connectivity index (χ2n) is 4.57. The molecule has 1 aromatic carbocycles. The van der Waals surface area contributed by atoms with Crippen molar-refractivity contribution in [1.82, 2.24) is 10.4 Å². The molecule has 3 rings (SSSR count). The first kappa shape index (κ1) is 15.1. The number of nitrogens with one attached hydrogen (secondary N) is 1. The van der Waals surface area contributed by atoms with Gasteiger partial charge in [0.1, 0.15) is 4.88 Å². The molecule has 2 N–H and O–H groups in total. The molecule has 1 aliphatic heterocycles. The van der Waals surface area contributed by atoms with Crippen LogP contribution < -0.4 is 5.43 Å². The van der Waals surface area contributed by atoms with Gasteiger partial charge in [-0.2, -0.15) is 13.2 Å². The maximum absolute atomic E-state index is 13.0. The molecule has 1 atom stereocenters. The molecule has 0 saturated heterocycles. The van der Waals surface area contributed by atoms with Crippen LogP contribution in [0.5, 0.6) is 0 Å². The summed E-state index contributed by atoms with van der Waals surface area (Å²) in [6.45, 7) is 0. The quantitative estimate of drug-likeness (QED) is 0.831. The Balaban J connectivity index is 2.05. The molecular weight excluding hydrogens is 341 g/mol. The highest BCUT2D eigenvalue weighted by atomic mass is 35.5. The highest BCUT2D eigenvalue weighted by Crippen LogP contribution is 2.40. The van der Waals surface area contributed by atoms with E-state index >= 15 is 0 Å². The van der Waals surface area contributed by atoms with Gasteiger partial charge in [0.25, 0.3) is 11.6 Å². The summed E-state index contributed by atoms with van der Waals surface area (Å²) >= 11 is 7.05. The lowest BCUT2D eigenvalue weighted by Gasteiger charge is -2.33. The van der Waals surface area contributed by atoms with Crippen LogP contribution in [-0.2, 0) is 0 Å². The smallest absolute Gasteiger partial charge is 0.359 e. The van der Waals surface area contributed by atoms with E-state index in [1.807, 2.05) is 0 Å². The number of carbonyl (C=O) groups excluding carboxylic acids is 1. The van der Waals surface area contributed by atoms with Gasteiger partial charge in [0.05, 0.1) is 5.02 Å². The fourth-order valence-corrected chi connectivity index (χ4v) is 3.53. The molecule has 1 amide bonds. The summed E-state index contributed by atoms with van der Waals surface area (Å²) in [7, 11) is 0. The lowest BCUT2D eigenvalue weighted by atomic mass is 10.2. The molecule has 0 saturated carbocycles. The van der Waals surface area contributed by atoms with E-state index < -0.39 is 17.8 Å². The third-order valence-corrected chi connectivity index (χ3v) is 4.87. The number of thiophene rings is 1. The van der Waals surface area contributed by atoms with Gasteiger partial charge in [-0.1, -0.05) is 29.8 Å². The second kappa shape index (κ2) is 4.87. The van der Waals surface area contributed by atoms with Crippen LogP contribution in [0.25, 0.3) is 10.1 Å². The van der Waals surface area contributed by atoms with Crippen molar-refractivity contribution in [2.45, 2.75) is 11.9 Å². The van der Waals surface area contributed by atoms with Crippen molar-refractivity contribution < 1.29 is 23.1 Å². The highest BCUT2D eigenvalue weighted by molar-refractivity contribution is 7.21. The molecule has 9 heteroatoms. The largest absolute Gasteiger partial charge is 0.442 e. The number of halogens is 4. The number of alkyl halides is 3. The summed E-state index contributed by atoms with van der Waals surface area (Å²) in [6.07, 6.45) is -3.73. The van der Waals surface area contributed by atoms with E-state index in [1.165, 1.54) is 0 Å². The number of aliphatic hydroxyl groups is 1. The van der Waals surface area contributed by atoms with E-state index in [9.17, 15) is 23.1 Å². The Hall–Kier alpha value is -1.77. The van der Waals surface area contributed by atoms with Crippen LogP contribution in [-0.4, -0.2) is 27.9 Å². The van der Waals surface area contributed by atoms with Gasteiger partial charge in [-0.25, -0.2) is 5.01 Å². The first-order valence-corrected chi connectivity index (χ1v) is 7.20. The Morgan fingerprint density at radius 1 is 1.36 bits per heavy atom. The van der Waals surface area contributed by atoms with Crippen molar-refractivity contribution in [3.63, 3.8) is 0 Å². The minimum Gasteiger partial charge on any atom is -0.359 e. The Morgan fingerprint density at radius 2 is 2.05 bits per heavy atom. The molecular formula is C13H8ClF3N2O2S. The fraction of sp³-hybridized carbons (Fsp3) is 0.154. The zero-order valence-corrected chi connectivity index (χ0v) is 12.3. The fourth-order valence-electron chi connectivity index (χ4n) is 2.09. The molecule has 2 aromatic rings. The minimum absolute atomic E-state index is 0.0591. The Labute approximate surface area is 131 Å². The van der Waals surface area contributed by atoms with Crippen molar-refractivity contribution in [1.29, 1.82) is 0 Å². The molecule has 0 fully saturated rings. The molecule has 0 aliphatic carbocycles. The molecule has 0 bridgehead atoms. The molecule has 0 spiro atoms. The summed E-state index contributed by atoms with van der Waals surface area (Å²) in [5.74, 6) is -1.06. The van der Waals surface area contributed by atoms with Crippen LogP contribution in [0.1, 0.15) is 9.67 Å². The van der Waals surface area contributed by atoms with Gasteiger partial charge in [0.2, 0.25) is 0 Å². The molecule has 2 heterocycles. The van der Waals surface area contributed by atoms with Crippen molar-refractivity contribution in [3.05, 3.63) is 46.4 Å². The van der Waals surface area contributed by atoms with Crippen molar-refractivity contribution in [2.75, 3.05) is 0 Å².